The number of nitrogens with one attached hydrogen (secondary N) is 2. The summed E-state index contributed by atoms with van der Waals surface area (Å²) in [5, 5.41) is 6.21. The number of aromatic nitrogens is 2. The molecule has 1 heterocycles. The number of nitrogens with zero attached hydrogens (tertiary/aromatic N) is 1. The van der Waals surface area contributed by atoms with E-state index in [4.69, 9.17) is 0 Å². The number of sulfonamides is 1. The van der Waals surface area contributed by atoms with Crippen molar-refractivity contribution in [1.82, 2.24) is 14.9 Å². The summed E-state index contributed by atoms with van der Waals surface area (Å²) in [5.41, 5.74) is 0. The largest absolute Gasteiger partial charge is 0.286 e. The molecule has 0 fully saturated rings. The van der Waals surface area contributed by atoms with Crippen LogP contribution in [0.3, 0.4) is 0 Å². The molecule has 0 saturated carbocycles. The topological polar surface area (TPSA) is 74.8 Å². The van der Waals surface area contributed by atoms with Crippen LogP contribution in [0.4, 0.5) is 0 Å². The molecule has 5 nitrogen and oxygen atoms in total. The second-order valence-corrected chi connectivity index (χ2v) is 4.26. The highest BCUT2D eigenvalue weighted by atomic mass is 32.2. The van der Waals surface area contributed by atoms with Crippen LogP contribution in [0.1, 0.15) is 13.8 Å². The van der Waals surface area contributed by atoms with Crippen LogP contribution in [0.5, 0.6) is 0 Å². The maximum Gasteiger partial charge on any atom is 0.211 e. The maximum absolute atomic E-state index is 10.5. The van der Waals surface area contributed by atoms with Gasteiger partial charge in [-0.25, -0.2) is 13.1 Å². The van der Waals surface area contributed by atoms with Crippen molar-refractivity contribution in [3.8, 4) is 0 Å². The first-order chi connectivity index (χ1) is 6.12. The van der Waals surface area contributed by atoms with Gasteiger partial charge in [-0.1, -0.05) is 6.92 Å². The zero-order valence-electron chi connectivity index (χ0n) is 7.82. The molecule has 0 amide bonds. The highest BCUT2D eigenvalue weighted by Crippen LogP contribution is 1.78. The van der Waals surface area contributed by atoms with E-state index in [-0.39, 0.29) is 5.75 Å². The van der Waals surface area contributed by atoms with E-state index in [9.17, 15) is 8.42 Å². The zero-order valence-corrected chi connectivity index (χ0v) is 8.63. The van der Waals surface area contributed by atoms with Gasteiger partial charge >= 0.3 is 0 Å². The fourth-order valence-corrected chi connectivity index (χ4v) is 1.18. The Hall–Kier alpha value is -0.880. The molecule has 0 aliphatic carbocycles. The van der Waals surface area contributed by atoms with E-state index in [1.165, 1.54) is 0 Å². The summed E-state index contributed by atoms with van der Waals surface area (Å²) in [5.74, 6) is 0.167. The van der Waals surface area contributed by atoms with Crippen LogP contribution in [-0.2, 0) is 10.0 Å². The summed E-state index contributed by atoms with van der Waals surface area (Å²) in [4.78, 5) is 0. The summed E-state index contributed by atoms with van der Waals surface area (Å²) < 4.78 is 23.3. The van der Waals surface area contributed by atoms with E-state index in [1.54, 1.807) is 26.2 Å². The minimum absolute atomic E-state index is 0.167. The first kappa shape index (κ1) is 12.1. The second-order valence-electron chi connectivity index (χ2n) is 2.17. The second kappa shape index (κ2) is 6.62. The Bertz CT molecular complexity index is 263. The Morgan fingerprint density at radius 1 is 1.46 bits per heavy atom. The minimum Gasteiger partial charge on any atom is -0.286 e. The molecule has 1 aromatic heterocycles. The normalized spacial score (nSPS) is 10.3. The predicted octanol–water partition coefficient (Wildman–Crippen LogP) is 0.355. The van der Waals surface area contributed by atoms with Gasteiger partial charge in [0.2, 0.25) is 10.0 Å². The van der Waals surface area contributed by atoms with E-state index in [2.05, 4.69) is 14.9 Å². The molecular formula is C7H15N3O2S. The summed E-state index contributed by atoms with van der Waals surface area (Å²) >= 11 is 0. The predicted molar refractivity (Wildman–Crippen MR) is 51.7 cm³/mol. The molecular weight excluding hydrogens is 190 g/mol. The molecule has 0 bridgehead atoms. The molecule has 0 unspecified atom stereocenters. The zero-order chi connectivity index (χ0) is 10.2. The lowest BCUT2D eigenvalue weighted by atomic mass is 10.8. The van der Waals surface area contributed by atoms with Crippen molar-refractivity contribution < 1.29 is 8.42 Å². The van der Waals surface area contributed by atoms with Gasteiger partial charge in [0, 0.05) is 18.9 Å². The molecule has 13 heavy (non-hydrogen) atoms. The Morgan fingerprint density at radius 2 is 2.15 bits per heavy atom. The van der Waals surface area contributed by atoms with E-state index in [0.29, 0.717) is 6.54 Å². The molecule has 1 rings (SSSR count). The molecule has 1 aromatic rings. The fraction of sp³-hybridized carbons (Fsp3) is 0.571. The summed E-state index contributed by atoms with van der Waals surface area (Å²) in [7, 11) is -2.92. The fourth-order valence-electron chi connectivity index (χ4n) is 0.537. The van der Waals surface area contributed by atoms with Crippen molar-refractivity contribution in [2.75, 3.05) is 12.3 Å². The highest BCUT2D eigenvalue weighted by molar-refractivity contribution is 7.89. The molecule has 76 valence electrons. The smallest absolute Gasteiger partial charge is 0.211 e. The van der Waals surface area contributed by atoms with Crippen LogP contribution in [0.2, 0.25) is 0 Å². The average Bonchev–Trinajstić information content (AvgIpc) is 2.61. The van der Waals surface area contributed by atoms with Crippen LogP contribution in [0.15, 0.2) is 18.5 Å². The monoisotopic (exact) mass is 205 g/mol. The van der Waals surface area contributed by atoms with Gasteiger partial charge in [0.15, 0.2) is 0 Å². The van der Waals surface area contributed by atoms with Gasteiger partial charge in [-0.2, -0.15) is 5.10 Å². The third-order valence-corrected chi connectivity index (χ3v) is 2.64. The Balaban J connectivity index is 0.000000243. The molecule has 2 N–H and O–H groups in total. The van der Waals surface area contributed by atoms with Crippen molar-refractivity contribution in [3.05, 3.63) is 18.5 Å². The first-order valence-electron chi connectivity index (χ1n) is 4.03. The summed E-state index contributed by atoms with van der Waals surface area (Å²) in [6, 6.07) is 1.83. The molecule has 0 spiro atoms. The third-order valence-electron chi connectivity index (χ3n) is 1.15. The van der Waals surface area contributed by atoms with Crippen LogP contribution in [-0.4, -0.2) is 30.9 Å². The SMILES string of the molecule is CCNS(=O)(=O)CC.c1cn[nH]c1. The number of hydrogen-bond donors (Lipinski definition) is 2. The van der Waals surface area contributed by atoms with Gasteiger partial charge < -0.3 is 0 Å². The third kappa shape index (κ3) is 7.48. The Labute approximate surface area is 78.6 Å². The van der Waals surface area contributed by atoms with Crippen LogP contribution < -0.4 is 4.72 Å². The maximum atomic E-state index is 10.5. The Kier molecular flexibility index (Phi) is 6.17. The van der Waals surface area contributed by atoms with Gasteiger partial charge in [-0.3, -0.25) is 5.10 Å². The van der Waals surface area contributed by atoms with E-state index in [0.717, 1.165) is 0 Å². The molecule has 0 atom stereocenters. The minimum atomic E-state index is -2.92. The number of H-pyrrole nitrogens is 1. The summed E-state index contributed by atoms with van der Waals surface area (Å²) in [6.07, 6.45) is 3.46. The van der Waals surface area contributed by atoms with E-state index >= 15 is 0 Å². The van der Waals surface area contributed by atoms with E-state index < -0.39 is 10.0 Å². The van der Waals surface area contributed by atoms with Crippen molar-refractivity contribution >= 4 is 10.0 Å². The standard InChI is InChI=1S/C4H11NO2S.C3H4N2/c1-3-5-8(6,7)4-2;1-2-4-5-3-1/h5H,3-4H2,1-2H3;1-3H,(H,4,5). The molecule has 0 aliphatic heterocycles. The van der Waals surface area contributed by atoms with Gasteiger partial charge in [0.25, 0.3) is 0 Å². The van der Waals surface area contributed by atoms with Gasteiger partial charge in [0.05, 0.1) is 5.75 Å². The highest BCUT2D eigenvalue weighted by Gasteiger charge is 2.00. The first-order valence-corrected chi connectivity index (χ1v) is 5.68. The molecule has 0 radical (unpaired) electrons. The van der Waals surface area contributed by atoms with E-state index in [1.807, 2.05) is 6.07 Å². The summed E-state index contributed by atoms with van der Waals surface area (Å²) in [6.45, 7) is 3.85. The number of rotatable bonds is 3. The number of aromatic amines is 1. The van der Waals surface area contributed by atoms with Gasteiger partial charge in [0.1, 0.15) is 0 Å². The average molecular weight is 205 g/mol. The van der Waals surface area contributed by atoms with Gasteiger partial charge in [-0.15, -0.1) is 0 Å². The molecule has 0 saturated heterocycles. The van der Waals surface area contributed by atoms with Crippen molar-refractivity contribution in [2.45, 2.75) is 13.8 Å². The lowest BCUT2D eigenvalue weighted by Crippen LogP contribution is -2.24. The molecule has 0 aliphatic rings. The number of hydrogen-bond acceptors (Lipinski definition) is 3. The van der Waals surface area contributed by atoms with Crippen molar-refractivity contribution in [2.24, 2.45) is 0 Å². The molecule has 6 heteroatoms. The quantitative estimate of drug-likeness (QED) is 0.748. The molecule has 0 aromatic carbocycles. The van der Waals surface area contributed by atoms with Crippen molar-refractivity contribution in [1.29, 1.82) is 0 Å². The van der Waals surface area contributed by atoms with Crippen LogP contribution in [0.25, 0.3) is 0 Å². The van der Waals surface area contributed by atoms with Gasteiger partial charge in [-0.05, 0) is 13.0 Å². The Morgan fingerprint density at radius 3 is 2.31 bits per heavy atom. The van der Waals surface area contributed by atoms with Crippen LogP contribution >= 0.6 is 0 Å². The van der Waals surface area contributed by atoms with Crippen molar-refractivity contribution in [3.63, 3.8) is 0 Å². The van der Waals surface area contributed by atoms with Crippen LogP contribution in [0, 0.1) is 0 Å². The lowest BCUT2D eigenvalue weighted by molar-refractivity contribution is 0.585. The lowest BCUT2D eigenvalue weighted by Gasteiger charge is -1.96.